The van der Waals surface area contributed by atoms with Gasteiger partial charge in [0.05, 0.1) is 12.7 Å². The van der Waals surface area contributed by atoms with Gasteiger partial charge in [-0.3, -0.25) is 4.79 Å². The molecule has 0 aromatic heterocycles. The van der Waals surface area contributed by atoms with Gasteiger partial charge in [-0.05, 0) is 30.5 Å². The molecule has 1 aliphatic rings. The summed E-state index contributed by atoms with van der Waals surface area (Å²) >= 11 is 0. The maximum Gasteiger partial charge on any atom is 0.308 e. The van der Waals surface area contributed by atoms with E-state index >= 15 is 0 Å². The number of ether oxygens (including phenoxy) is 2. The molecular formula is C19H21NO3. The summed E-state index contributed by atoms with van der Waals surface area (Å²) in [5, 5.41) is 0. The van der Waals surface area contributed by atoms with Crippen molar-refractivity contribution in [1.29, 1.82) is 0 Å². The van der Waals surface area contributed by atoms with Crippen molar-refractivity contribution in [2.24, 2.45) is 0 Å². The Hall–Kier alpha value is -2.49. The third-order valence-electron chi connectivity index (χ3n) is 4.07. The van der Waals surface area contributed by atoms with E-state index in [0.717, 1.165) is 29.9 Å². The summed E-state index contributed by atoms with van der Waals surface area (Å²) in [6, 6.07) is 13.9. The number of hydrogen-bond acceptors (Lipinski definition) is 4. The summed E-state index contributed by atoms with van der Waals surface area (Å²) in [6.07, 6.45) is 2.39. The quantitative estimate of drug-likeness (QED) is 0.634. The molecule has 0 radical (unpaired) electrons. The Morgan fingerprint density at radius 3 is 2.35 bits per heavy atom. The van der Waals surface area contributed by atoms with E-state index in [0.29, 0.717) is 11.5 Å². The van der Waals surface area contributed by atoms with E-state index in [-0.39, 0.29) is 5.97 Å². The van der Waals surface area contributed by atoms with Gasteiger partial charge >= 0.3 is 5.97 Å². The zero-order valence-corrected chi connectivity index (χ0v) is 13.5. The topological polar surface area (TPSA) is 38.8 Å². The largest absolute Gasteiger partial charge is 0.492 e. The first-order chi connectivity index (χ1) is 11.2. The molecule has 0 amide bonds. The van der Waals surface area contributed by atoms with E-state index in [1.54, 1.807) is 7.11 Å². The molecular weight excluding hydrogens is 290 g/mol. The first-order valence-electron chi connectivity index (χ1n) is 7.90. The molecule has 2 aromatic carbocycles. The molecule has 4 heteroatoms. The van der Waals surface area contributed by atoms with Gasteiger partial charge in [-0.25, -0.2) is 0 Å². The lowest BCUT2D eigenvalue weighted by Crippen LogP contribution is -2.19. The van der Waals surface area contributed by atoms with E-state index in [1.807, 2.05) is 30.3 Å². The lowest BCUT2D eigenvalue weighted by Gasteiger charge is -2.24. The predicted octanol–water partition coefficient (Wildman–Crippen LogP) is 3.89. The van der Waals surface area contributed by atoms with Crippen LogP contribution in [0.3, 0.4) is 0 Å². The Morgan fingerprint density at radius 1 is 1.04 bits per heavy atom. The fraction of sp³-hybridized carbons (Fsp3) is 0.316. The van der Waals surface area contributed by atoms with E-state index in [9.17, 15) is 4.79 Å². The van der Waals surface area contributed by atoms with Crippen LogP contribution in [0.15, 0.2) is 42.5 Å². The van der Waals surface area contributed by atoms with Crippen molar-refractivity contribution in [3.8, 4) is 22.6 Å². The summed E-state index contributed by atoms with van der Waals surface area (Å²) in [6.45, 7) is 3.47. The Bertz CT molecular complexity index is 691. The van der Waals surface area contributed by atoms with Gasteiger partial charge in [-0.15, -0.1) is 0 Å². The zero-order valence-electron chi connectivity index (χ0n) is 13.5. The monoisotopic (exact) mass is 311 g/mol. The third-order valence-corrected chi connectivity index (χ3v) is 4.07. The van der Waals surface area contributed by atoms with Crippen LogP contribution in [0.25, 0.3) is 11.1 Å². The number of methoxy groups -OCH3 is 1. The van der Waals surface area contributed by atoms with Gasteiger partial charge in [0, 0.05) is 25.7 Å². The molecule has 120 valence electrons. The standard InChI is InChI=1S/C19H21NO3/c1-14(21)23-17-11-10-16(20-12-6-7-13-20)18(19(17)22-2)15-8-4-3-5-9-15/h3-5,8-11H,6-7,12-13H2,1-2H3. The van der Waals surface area contributed by atoms with Gasteiger partial charge in [0.25, 0.3) is 0 Å². The minimum atomic E-state index is -0.351. The van der Waals surface area contributed by atoms with Gasteiger partial charge in [0.15, 0.2) is 11.5 Å². The molecule has 3 rings (SSSR count). The van der Waals surface area contributed by atoms with Gasteiger partial charge in [0.2, 0.25) is 0 Å². The molecule has 2 aromatic rings. The number of carbonyl (C=O) groups is 1. The number of carbonyl (C=O) groups excluding carboxylic acids is 1. The molecule has 4 nitrogen and oxygen atoms in total. The van der Waals surface area contributed by atoms with E-state index < -0.39 is 0 Å². The number of rotatable bonds is 4. The minimum absolute atomic E-state index is 0.351. The second kappa shape index (κ2) is 6.73. The summed E-state index contributed by atoms with van der Waals surface area (Å²) in [5.41, 5.74) is 3.16. The average Bonchev–Trinajstić information content (AvgIpc) is 3.09. The number of benzene rings is 2. The number of esters is 1. The normalized spacial score (nSPS) is 13.9. The van der Waals surface area contributed by atoms with Crippen molar-refractivity contribution in [2.45, 2.75) is 19.8 Å². The van der Waals surface area contributed by atoms with Crippen molar-refractivity contribution in [3.05, 3.63) is 42.5 Å². The molecule has 23 heavy (non-hydrogen) atoms. The van der Waals surface area contributed by atoms with Gasteiger partial charge in [-0.2, -0.15) is 0 Å². The lowest BCUT2D eigenvalue weighted by atomic mass is 10.0. The highest BCUT2D eigenvalue weighted by Gasteiger charge is 2.23. The van der Waals surface area contributed by atoms with Crippen LogP contribution in [0.1, 0.15) is 19.8 Å². The zero-order chi connectivity index (χ0) is 16.2. The predicted molar refractivity (Wildman–Crippen MR) is 91.2 cm³/mol. The SMILES string of the molecule is COc1c(OC(C)=O)ccc(N2CCCC2)c1-c1ccccc1. The molecule has 0 N–H and O–H groups in total. The van der Waals surface area contributed by atoms with Crippen LogP contribution in [-0.4, -0.2) is 26.2 Å². The first kappa shape index (κ1) is 15.4. The Labute approximate surface area is 136 Å². The maximum atomic E-state index is 11.4. The van der Waals surface area contributed by atoms with Crippen LogP contribution >= 0.6 is 0 Å². The van der Waals surface area contributed by atoms with Crippen molar-refractivity contribution in [1.82, 2.24) is 0 Å². The van der Waals surface area contributed by atoms with E-state index in [4.69, 9.17) is 9.47 Å². The highest BCUT2D eigenvalue weighted by molar-refractivity contribution is 5.87. The highest BCUT2D eigenvalue weighted by Crippen LogP contribution is 2.45. The van der Waals surface area contributed by atoms with Gasteiger partial charge < -0.3 is 14.4 Å². The second-order valence-corrected chi connectivity index (χ2v) is 5.64. The van der Waals surface area contributed by atoms with Crippen molar-refractivity contribution < 1.29 is 14.3 Å². The molecule has 0 atom stereocenters. The van der Waals surface area contributed by atoms with Gasteiger partial charge in [0.1, 0.15) is 0 Å². The Balaban J connectivity index is 2.18. The first-order valence-corrected chi connectivity index (χ1v) is 7.90. The number of nitrogens with zero attached hydrogens (tertiary/aromatic N) is 1. The van der Waals surface area contributed by atoms with E-state index in [2.05, 4.69) is 17.0 Å². The van der Waals surface area contributed by atoms with Crippen molar-refractivity contribution in [2.75, 3.05) is 25.1 Å². The molecule has 0 spiro atoms. The summed E-state index contributed by atoms with van der Waals surface area (Å²) < 4.78 is 11.0. The molecule has 1 heterocycles. The number of hydrogen-bond donors (Lipinski definition) is 0. The van der Waals surface area contributed by atoms with Crippen LogP contribution < -0.4 is 14.4 Å². The smallest absolute Gasteiger partial charge is 0.308 e. The minimum Gasteiger partial charge on any atom is -0.492 e. The molecule has 1 saturated heterocycles. The Kier molecular flexibility index (Phi) is 4.51. The molecule has 0 bridgehead atoms. The molecule has 1 aliphatic heterocycles. The van der Waals surface area contributed by atoms with Gasteiger partial charge in [-0.1, -0.05) is 30.3 Å². The van der Waals surface area contributed by atoms with Crippen LogP contribution in [0.2, 0.25) is 0 Å². The van der Waals surface area contributed by atoms with E-state index in [1.165, 1.54) is 19.8 Å². The number of anilines is 1. The van der Waals surface area contributed by atoms with Crippen LogP contribution in [0.5, 0.6) is 11.5 Å². The van der Waals surface area contributed by atoms with Crippen LogP contribution in [0.4, 0.5) is 5.69 Å². The summed E-state index contributed by atoms with van der Waals surface area (Å²) in [5.74, 6) is 0.717. The summed E-state index contributed by atoms with van der Waals surface area (Å²) in [4.78, 5) is 13.7. The van der Waals surface area contributed by atoms with Crippen LogP contribution in [0, 0.1) is 0 Å². The maximum absolute atomic E-state index is 11.4. The molecule has 1 fully saturated rings. The second-order valence-electron chi connectivity index (χ2n) is 5.64. The van der Waals surface area contributed by atoms with Crippen LogP contribution in [-0.2, 0) is 4.79 Å². The van der Waals surface area contributed by atoms with Crippen molar-refractivity contribution >= 4 is 11.7 Å². The summed E-state index contributed by atoms with van der Waals surface area (Å²) in [7, 11) is 1.61. The molecule has 0 saturated carbocycles. The molecule has 0 aliphatic carbocycles. The van der Waals surface area contributed by atoms with Crippen molar-refractivity contribution in [3.63, 3.8) is 0 Å². The highest BCUT2D eigenvalue weighted by atomic mass is 16.6. The fourth-order valence-electron chi connectivity index (χ4n) is 3.10. The molecule has 0 unspecified atom stereocenters. The fourth-order valence-corrected chi connectivity index (χ4v) is 3.10. The lowest BCUT2D eigenvalue weighted by molar-refractivity contribution is -0.132. The third kappa shape index (κ3) is 3.16. The average molecular weight is 311 g/mol. The Morgan fingerprint density at radius 2 is 1.74 bits per heavy atom.